The van der Waals surface area contributed by atoms with E-state index < -0.39 is 0 Å². The summed E-state index contributed by atoms with van der Waals surface area (Å²) >= 11 is 3.09. The van der Waals surface area contributed by atoms with Gasteiger partial charge in [0.05, 0.1) is 4.92 Å². The Kier molecular flexibility index (Phi) is 5.80. The van der Waals surface area contributed by atoms with E-state index in [1.807, 2.05) is 6.07 Å². The topological polar surface area (TPSA) is 46.4 Å². The molecule has 3 rings (SSSR count). The molecule has 1 aliphatic carbocycles. The smallest absolute Gasteiger partial charge is 0.293 e. The Balaban J connectivity index is 1.66. The average molecular weight is 351 g/mol. The predicted octanol–water partition coefficient (Wildman–Crippen LogP) is 5.30. The minimum absolute atomic E-state index is 0.244. The largest absolute Gasteiger partial charge is 0.324 e. The molecule has 0 spiro atoms. The second-order valence-corrected chi connectivity index (χ2v) is 8.43. The molecule has 0 atom stereocenters. The van der Waals surface area contributed by atoms with Crippen LogP contribution in [0.1, 0.15) is 41.9 Å². The van der Waals surface area contributed by atoms with Crippen molar-refractivity contribution in [3.63, 3.8) is 0 Å². The third kappa shape index (κ3) is 4.86. The molecule has 1 saturated carbocycles. The molecule has 2 aromatic heterocycles. The highest BCUT2D eigenvalue weighted by Crippen LogP contribution is 2.29. The van der Waals surface area contributed by atoms with Gasteiger partial charge in [0.15, 0.2) is 0 Å². The molecule has 0 amide bonds. The fourth-order valence-corrected chi connectivity index (χ4v) is 4.92. The molecule has 6 heteroatoms. The highest BCUT2D eigenvalue weighted by molar-refractivity contribution is 7.15. The highest BCUT2D eigenvalue weighted by Gasteiger charge is 2.19. The molecule has 0 saturated heterocycles. The minimum Gasteiger partial charge on any atom is -0.293 e. The maximum Gasteiger partial charge on any atom is 0.324 e. The van der Waals surface area contributed by atoms with E-state index in [4.69, 9.17) is 0 Å². The monoisotopic (exact) mass is 350 g/mol. The van der Waals surface area contributed by atoms with Gasteiger partial charge in [-0.15, -0.1) is 11.3 Å². The van der Waals surface area contributed by atoms with E-state index >= 15 is 0 Å². The molecule has 0 aromatic carbocycles. The van der Waals surface area contributed by atoms with Gasteiger partial charge in [0.2, 0.25) is 0 Å². The molecule has 2 heterocycles. The zero-order chi connectivity index (χ0) is 16.1. The first-order valence-corrected chi connectivity index (χ1v) is 9.88. The molecule has 0 bridgehead atoms. The summed E-state index contributed by atoms with van der Waals surface area (Å²) in [5.41, 5.74) is 0. The molecule has 2 aromatic rings. The highest BCUT2D eigenvalue weighted by atomic mass is 32.1. The van der Waals surface area contributed by atoms with E-state index in [0.29, 0.717) is 0 Å². The van der Waals surface area contributed by atoms with Crippen LogP contribution < -0.4 is 0 Å². The van der Waals surface area contributed by atoms with Gasteiger partial charge in [-0.1, -0.05) is 36.7 Å². The van der Waals surface area contributed by atoms with Crippen LogP contribution in [0.15, 0.2) is 29.6 Å². The molecular weight excluding hydrogens is 328 g/mol. The summed E-state index contributed by atoms with van der Waals surface area (Å²) in [7, 11) is 0. The first-order chi connectivity index (χ1) is 11.2. The summed E-state index contributed by atoms with van der Waals surface area (Å²) < 4.78 is 0. The Hall–Kier alpha value is -1.24. The Bertz CT molecular complexity index is 618. The normalized spacial score (nSPS) is 16.0. The summed E-state index contributed by atoms with van der Waals surface area (Å²) in [5, 5.41) is 13.2. The van der Waals surface area contributed by atoms with Gasteiger partial charge in [-0.25, -0.2) is 0 Å². The minimum atomic E-state index is -0.293. The van der Waals surface area contributed by atoms with Crippen molar-refractivity contribution in [3.05, 3.63) is 49.5 Å². The van der Waals surface area contributed by atoms with Crippen LogP contribution in [0.3, 0.4) is 0 Å². The van der Waals surface area contributed by atoms with Gasteiger partial charge in [-0.2, -0.15) is 0 Å². The lowest BCUT2D eigenvalue weighted by Crippen LogP contribution is -2.29. The van der Waals surface area contributed by atoms with Gasteiger partial charge in [-0.05, 0) is 36.3 Å². The van der Waals surface area contributed by atoms with E-state index in [1.54, 1.807) is 17.4 Å². The van der Waals surface area contributed by atoms with Crippen molar-refractivity contribution in [2.75, 3.05) is 6.54 Å². The molecule has 4 nitrogen and oxygen atoms in total. The van der Waals surface area contributed by atoms with Crippen molar-refractivity contribution in [3.8, 4) is 0 Å². The van der Waals surface area contributed by atoms with Crippen LogP contribution in [-0.2, 0) is 13.1 Å². The van der Waals surface area contributed by atoms with Crippen LogP contribution in [0.2, 0.25) is 0 Å². The van der Waals surface area contributed by atoms with Crippen LogP contribution in [0.4, 0.5) is 5.00 Å². The molecule has 0 unspecified atom stereocenters. The third-order valence-corrected chi connectivity index (χ3v) is 6.29. The van der Waals surface area contributed by atoms with Gasteiger partial charge in [-0.3, -0.25) is 15.0 Å². The summed E-state index contributed by atoms with van der Waals surface area (Å²) in [5.74, 6) is 0.777. The number of hydrogen-bond donors (Lipinski definition) is 0. The number of nitro groups is 1. The molecule has 1 aliphatic rings. The second kappa shape index (κ2) is 8.04. The van der Waals surface area contributed by atoms with Gasteiger partial charge in [0.25, 0.3) is 0 Å². The zero-order valence-corrected chi connectivity index (χ0v) is 14.8. The fourth-order valence-electron chi connectivity index (χ4n) is 3.31. The van der Waals surface area contributed by atoms with Crippen molar-refractivity contribution in [1.29, 1.82) is 0 Å². The van der Waals surface area contributed by atoms with Gasteiger partial charge in [0, 0.05) is 35.5 Å². The summed E-state index contributed by atoms with van der Waals surface area (Å²) in [4.78, 5) is 15.5. The van der Waals surface area contributed by atoms with E-state index in [-0.39, 0.29) is 9.92 Å². The first kappa shape index (κ1) is 16.6. The molecule has 0 radical (unpaired) electrons. The standard InChI is InChI=1S/C17H22N2O2S2/c20-19(21)17-9-8-16(23-17)13-18(12-15-7-4-10-22-15)11-14-5-2-1-3-6-14/h4,7-10,14H,1-3,5-6,11-13H2. The van der Waals surface area contributed by atoms with Crippen LogP contribution in [0.5, 0.6) is 0 Å². The molecule has 124 valence electrons. The molecule has 1 fully saturated rings. The number of rotatable bonds is 7. The van der Waals surface area contributed by atoms with E-state index in [9.17, 15) is 10.1 Å². The molecular formula is C17H22N2O2S2. The zero-order valence-electron chi connectivity index (χ0n) is 13.1. The first-order valence-electron chi connectivity index (χ1n) is 8.18. The van der Waals surface area contributed by atoms with Crippen LogP contribution in [0, 0.1) is 16.0 Å². The van der Waals surface area contributed by atoms with E-state index in [0.717, 1.165) is 30.4 Å². The average Bonchev–Trinajstić information content (AvgIpc) is 3.20. The SMILES string of the molecule is O=[N+]([O-])c1ccc(CN(Cc2cccs2)CC2CCCCC2)s1. The Morgan fingerprint density at radius 3 is 2.57 bits per heavy atom. The van der Waals surface area contributed by atoms with Crippen molar-refractivity contribution in [1.82, 2.24) is 4.90 Å². The van der Waals surface area contributed by atoms with Crippen molar-refractivity contribution >= 4 is 27.7 Å². The summed E-state index contributed by atoms with van der Waals surface area (Å²) in [6.07, 6.45) is 6.72. The second-order valence-electron chi connectivity index (χ2n) is 6.25. The molecule has 0 aliphatic heterocycles. The van der Waals surface area contributed by atoms with Gasteiger partial charge < -0.3 is 0 Å². The number of thiophene rings is 2. The van der Waals surface area contributed by atoms with E-state index in [2.05, 4.69) is 22.4 Å². The van der Waals surface area contributed by atoms with Gasteiger partial charge in [0.1, 0.15) is 0 Å². The van der Waals surface area contributed by atoms with Crippen LogP contribution >= 0.6 is 22.7 Å². The lowest BCUT2D eigenvalue weighted by atomic mass is 9.89. The van der Waals surface area contributed by atoms with Gasteiger partial charge >= 0.3 is 5.00 Å². The fraction of sp³-hybridized carbons (Fsp3) is 0.529. The lowest BCUT2D eigenvalue weighted by molar-refractivity contribution is -0.380. The van der Waals surface area contributed by atoms with E-state index in [1.165, 1.54) is 48.3 Å². The summed E-state index contributed by atoms with van der Waals surface area (Å²) in [6.45, 7) is 2.86. The van der Waals surface area contributed by atoms with Crippen LogP contribution in [-0.4, -0.2) is 16.4 Å². The van der Waals surface area contributed by atoms with Crippen molar-refractivity contribution in [2.24, 2.45) is 5.92 Å². The number of nitrogens with zero attached hydrogens (tertiary/aromatic N) is 2. The third-order valence-electron chi connectivity index (χ3n) is 4.41. The Morgan fingerprint density at radius 2 is 1.91 bits per heavy atom. The quantitative estimate of drug-likeness (QED) is 0.503. The predicted molar refractivity (Wildman–Crippen MR) is 96.0 cm³/mol. The maximum absolute atomic E-state index is 10.9. The molecule has 0 N–H and O–H groups in total. The summed E-state index contributed by atoms with van der Waals surface area (Å²) in [6, 6.07) is 7.80. The van der Waals surface area contributed by atoms with Crippen molar-refractivity contribution < 1.29 is 4.92 Å². The number of hydrogen-bond acceptors (Lipinski definition) is 5. The van der Waals surface area contributed by atoms with Crippen LogP contribution in [0.25, 0.3) is 0 Å². The Labute approximate surface area is 144 Å². The lowest BCUT2D eigenvalue weighted by Gasteiger charge is -2.29. The maximum atomic E-state index is 10.9. The van der Waals surface area contributed by atoms with Crippen molar-refractivity contribution in [2.45, 2.75) is 45.2 Å². The molecule has 23 heavy (non-hydrogen) atoms. The Morgan fingerprint density at radius 1 is 1.13 bits per heavy atom.